The van der Waals surface area contributed by atoms with Crippen molar-refractivity contribution in [1.82, 2.24) is 14.9 Å². The first-order valence-corrected chi connectivity index (χ1v) is 9.41. The van der Waals surface area contributed by atoms with Crippen molar-refractivity contribution < 1.29 is 26.7 Å². The zero-order valence-electron chi connectivity index (χ0n) is 11.2. The van der Waals surface area contributed by atoms with Gasteiger partial charge in [0.1, 0.15) is 4.90 Å². The molecule has 1 aromatic rings. The van der Waals surface area contributed by atoms with Crippen LogP contribution in [0.4, 0.5) is 0 Å². The molecule has 0 aliphatic carbocycles. The molecule has 1 aliphatic heterocycles. The van der Waals surface area contributed by atoms with Crippen LogP contribution in [0.15, 0.2) is 4.90 Å². The summed E-state index contributed by atoms with van der Waals surface area (Å²) in [5.74, 6) is -1.77. The van der Waals surface area contributed by atoms with Crippen LogP contribution in [0.2, 0.25) is 0 Å². The molecule has 118 valence electrons. The molecule has 3 N–H and O–H groups in total. The monoisotopic (exact) mass is 337 g/mol. The molecule has 1 atom stereocenters. The topological polar surface area (TPSA) is 146 Å². The minimum absolute atomic E-state index is 0.0461. The van der Waals surface area contributed by atoms with E-state index >= 15 is 0 Å². The van der Waals surface area contributed by atoms with Gasteiger partial charge in [-0.25, -0.2) is 26.4 Å². The summed E-state index contributed by atoms with van der Waals surface area (Å²) in [6.45, 7) is 1.35. The van der Waals surface area contributed by atoms with E-state index < -0.39 is 36.4 Å². The van der Waals surface area contributed by atoms with Crippen molar-refractivity contribution in [1.29, 1.82) is 0 Å². The second kappa shape index (κ2) is 5.39. The van der Waals surface area contributed by atoms with Gasteiger partial charge in [-0.2, -0.15) is 5.10 Å². The SMILES string of the molecule is Cc1[nH]nc(C(=O)O)c1S(=O)(=O)NCC1CCS(=O)(=O)C1. The highest BCUT2D eigenvalue weighted by atomic mass is 32.2. The molecule has 0 spiro atoms. The van der Waals surface area contributed by atoms with E-state index in [4.69, 9.17) is 5.11 Å². The number of carboxylic acids is 1. The van der Waals surface area contributed by atoms with Crippen molar-refractivity contribution >= 4 is 25.8 Å². The van der Waals surface area contributed by atoms with Gasteiger partial charge in [0.2, 0.25) is 10.0 Å². The Kier molecular flexibility index (Phi) is 4.08. The lowest BCUT2D eigenvalue weighted by Crippen LogP contribution is -2.31. The Hall–Kier alpha value is -1.46. The summed E-state index contributed by atoms with van der Waals surface area (Å²) in [6, 6.07) is 0. The highest BCUT2D eigenvalue weighted by molar-refractivity contribution is 7.91. The van der Waals surface area contributed by atoms with E-state index in [1.807, 2.05) is 0 Å². The van der Waals surface area contributed by atoms with Crippen molar-refractivity contribution in [3.8, 4) is 0 Å². The number of aromatic carboxylic acids is 1. The first kappa shape index (κ1) is 15.9. The van der Waals surface area contributed by atoms with Gasteiger partial charge in [-0.05, 0) is 19.3 Å². The summed E-state index contributed by atoms with van der Waals surface area (Å²) in [4.78, 5) is 10.6. The number of nitrogens with zero attached hydrogens (tertiary/aromatic N) is 1. The minimum atomic E-state index is -4.07. The maximum absolute atomic E-state index is 12.2. The summed E-state index contributed by atoms with van der Waals surface area (Å²) >= 11 is 0. The molecule has 0 radical (unpaired) electrons. The second-order valence-electron chi connectivity index (χ2n) is 4.95. The number of carbonyl (C=O) groups is 1. The second-order valence-corrected chi connectivity index (χ2v) is 8.88. The van der Waals surface area contributed by atoms with Crippen LogP contribution in [-0.2, 0) is 19.9 Å². The van der Waals surface area contributed by atoms with E-state index in [9.17, 15) is 21.6 Å². The van der Waals surface area contributed by atoms with Crippen molar-refractivity contribution in [3.05, 3.63) is 11.4 Å². The predicted octanol–water partition coefficient (Wildman–Crippen LogP) is -0.871. The Morgan fingerprint density at radius 2 is 2.19 bits per heavy atom. The lowest BCUT2D eigenvalue weighted by Gasteiger charge is -2.10. The van der Waals surface area contributed by atoms with Crippen LogP contribution in [0.3, 0.4) is 0 Å². The number of aromatic nitrogens is 2. The summed E-state index contributed by atoms with van der Waals surface area (Å²) in [5, 5.41) is 14.7. The summed E-state index contributed by atoms with van der Waals surface area (Å²) in [5.41, 5.74) is -0.474. The van der Waals surface area contributed by atoms with Gasteiger partial charge in [-0.15, -0.1) is 0 Å². The summed E-state index contributed by atoms with van der Waals surface area (Å²) in [7, 11) is -7.16. The fourth-order valence-corrected chi connectivity index (χ4v) is 5.52. The highest BCUT2D eigenvalue weighted by Gasteiger charge is 2.32. The zero-order valence-corrected chi connectivity index (χ0v) is 12.8. The van der Waals surface area contributed by atoms with Crippen LogP contribution in [-0.4, -0.2) is 56.2 Å². The molecule has 0 bridgehead atoms. The Balaban J connectivity index is 2.16. The quantitative estimate of drug-likeness (QED) is 0.633. The van der Waals surface area contributed by atoms with Gasteiger partial charge in [0, 0.05) is 6.54 Å². The first-order valence-electron chi connectivity index (χ1n) is 6.11. The molecule has 1 aliphatic rings. The molecule has 1 saturated heterocycles. The highest BCUT2D eigenvalue weighted by Crippen LogP contribution is 2.20. The third-order valence-corrected chi connectivity index (χ3v) is 6.67. The molecular formula is C10H15N3O6S2. The van der Waals surface area contributed by atoms with Crippen molar-refractivity contribution in [3.63, 3.8) is 0 Å². The normalized spacial score (nSPS) is 21.5. The zero-order chi connectivity index (χ0) is 15.8. The number of carboxylic acid groups (broad SMARTS) is 1. The van der Waals surface area contributed by atoms with Crippen LogP contribution in [0.1, 0.15) is 22.6 Å². The Bertz CT molecular complexity index is 765. The van der Waals surface area contributed by atoms with Crippen LogP contribution >= 0.6 is 0 Å². The standard InChI is InChI=1S/C10H15N3O6S2/c1-6-9(8(10(14)15)13-12-6)21(18,19)11-4-7-2-3-20(16,17)5-7/h7,11H,2-5H2,1H3,(H,12,13)(H,14,15). The van der Waals surface area contributed by atoms with Crippen LogP contribution in [0, 0.1) is 12.8 Å². The summed E-state index contributed by atoms with van der Waals surface area (Å²) < 4.78 is 49.3. The molecule has 9 nitrogen and oxygen atoms in total. The van der Waals surface area contributed by atoms with E-state index in [0.29, 0.717) is 6.42 Å². The molecule has 1 aromatic heterocycles. The fraction of sp³-hybridized carbons (Fsp3) is 0.600. The van der Waals surface area contributed by atoms with Crippen molar-refractivity contribution in [2.75, 3.05) is 18.1 Å². The van der Waals surface area contributed by atoms with Gasteiger partial charge < -0.3 is 5.11 Å². The van der Waals surface area contributed by atoms with E-state index in [-0.39, 0.29) is 29.7 Å². The first-order chi connectivity index (χ1) is 9.62. The number of nitrogens with one attached hydrogen (secondary N) is 2. The van der Waals surface area contributed by atoms with E-state index in [0.717, 1.165) is 0 Å². The number of aryl methyl sites for hydroxylation is 1. The van der Waals surface area contributed by atoms with Crippen LogP contribution in [0.25, 0.3) is 0 Å². The third kappa shape index (κ3) is 3.41. The Morgan fingerprint density at radius 1 is 1.52 bits per heavy atom. The molecule has 1 fully saturated rings. The Labute approximate surface area is 121 Å². The van der Waals surface area contributed by atoms with E-state index in [1.54, 1.807) is 0 Å². The van der Waals surface area contributed by atoms with Crippen molar-refractivity contribution in [2.24, 2.45) is 5.92 Å². The number of rotatable bonds is 5. The van der Waals surface area contributed by atoms with Crippen LogP contribution < -0.4 is 4.72 Å². The van der Waals surface area contributed by atoms with Gasteiger partial charge in [0.25, 0.3) is 0 Å². The lowest BCUT2D eigenvalue weighted by atomic mass is 10.1. The maximum Gasteiger partial charge on any atom is 0.357 e. The molecule has 11 heteroatoms. The van der Waals surface area contributed by atoms with Crippen molar-refractivity contribution in [2.45, 2.75) is 18.2 Å². The van der Waals surface area contributed by atoms with E-state index in [1.165, 1.54) is 6.92 Å². The minimum Gasteiger partial charge on any atom is -0.476 e. The number of hydrogen-bond acceptors (Lipinski definition) is 6. The maximum atomic E-state index is 12.2. The third-order valence-electron chi connectivity index (χ3n) is 3.25. The number of hydrogen-bond donors (Lipinski definition) is 3. The van der Waals surface area contributed by atoms with Gasteiger partial charge in [0.15, 0.2) is 15.5 Å². The number of H-pyrrole nitrogens is 1. The van der Waals surface area contributed by atoms with E-state index in [2.05, 4.69) is 14.9 Å². The number of sulfonamides is 1. The fourth-order valence-electron chi connectivity index (χ4n) is 2.23. The molecule has 0 aromatic carbocycles. The molecule has 1 unspecified atom stereocenters. The average molecular weight is 337 g/mol. The van der Waals surface area contributed by atoms with Gasteiger partial charge in [0.05, 0.1) is 17.2 Å². The molecule has 0 amide bonds. The average Bonchev–Trinajstić information content (AvgIpc) is 2.90. The molecule has 2 rings (SSSR count). The van der Waals surface area contributed by atoms with Gasteiger partial charge in [-0.1, -0.05) is 0 Å². The van der Waals surface area contributed by atoms with Crippen LogP contribution in [0.5, 0.6) is 0 Å². The summed E-state index contributed by atoms with van der Waals surface area (Å²) in [6.07, 6.45) is 0.390. The lowest BCUT2D eigenvalue weighted by molar-refractivity contribution is 0.0686. The largest absolute Gasteiger partial charge is 0.476 e. The predicted molar refractivity (Wildman–Crippen MR) is 72.2 cm³/mol. The van der Waals surface area contributed by atoms with Gasteiger partial charge >= 0.3 is 5.97 Å². The molecule has 2 heterocycles. The smallest absolute Gasteiger partial charge is 0.357 e. The molecular weight excluding hydrogens is 322 g/mol. The number of sulfone groups is 1. The number of aromatic amines is 1. The molecule has 0 saturated carbocycles. The van der Waals surface area contributed by atoms with Gasteiger partial charge in [-0.3, -0.25) is 5.10 Å². The Morgan fingerprint density at radius 3 is 2.71 bits per heavy atom. The molecule has 21 heavy (non-hydrogen) atoms.